The van der Waals surface area contributed by atoms with Crippen molar-refractivity contribution in [2.75, 3.05) is 6.54 Å². The van der Waals surface area contributed by atoms with Gasteiger partial charge in [-0.2, -0.15) is 13.2 Å². The van der Waals surface area contributed by atoms with Crippen molar-refractivity contribution in [3.63, 3.8) is 0 Å². The molecule has 0 radical (unpaired) electrons. The summed E-state index contributed by atoms with van der Waals surface area (Å²) >= 11 is 1.79. The number of aliphatic hydroxyl groups is 1. The van der Waals surface area contributed by atoms with Gasteiger partial charge < -0.3 is 15.0 Å². The summed E-state index contributed by atoms with van der Waals surface area (Å²) in [6.45, 7) is 4.64. The van der Waals surface area contributed by atoms with Gasteiger partial charge in [-0.15, -0.1) is 11.8 Å². The average molecular weight is 634 g/mol. The van der Waals surface area contributed by atoms with Crippen LogP contribution in [0, 0.1) is 0 Å². The number of amides is 1. The number of nitrogens with one attached hydrogen (secondary N) is 1. The molecule has 1 unspecified atom stereocenters. The van der Waals surface area contributed by atoms with Crippen LogP contribution in [0.4, 0.5) is 13.2 Å². The third-order valence-corrected chi connectivity index (χ3v) is 9.52. The zero-order chi connectivity index (χ0) is 31.9. The van der Waals surface area contributed by atoms with Crippen LogP contribution in [0.1, 0.15) is 73.0 Å². The highest BCUT2D eigenvalue weighted by atomic mass is 32.2. The number of nitrogens with zero attached hydrogens (tertiary/aromatic N) is 2. The highest BCUT2D eigenvalue weighted by Gasteiger charge is 2.49. The topological polar surface area (TPSA) is 86.3 Å². The fourth-order valence-corrected chi connectivity index (χ4v) is 6.94. The van der Waals surface area contributed by atoms with Crippen molar-refractivity contribution in [1.29, 1.82) is 0 Å². The molecule has 1 fully saturated rings. The van der Waals surface area contributed by atoms with E-state index in [-0.39, 0.29) is 23.1 Å². The molecule has 2 heterocycles. The van der Waals surface area contributed by atoms with E-state index in [1.165, 1.54) is 21.9 Å². The lowest BCUT2D eigenvalue weighted by Gasteiger charge is -2.24. The molecule has 2 aliphatic rings. The number of aromatic nitrogens is 2. The Morgan fingerprint density at radius 3 is 2.44 bits per heavy atom. The first-order valence-corrected chi connectivity index (χ1v) is 16.0. The summed E-state index contributed by atoms with van der Waals surface area (Å²) in [6, 6.07) is 19.7. The molecule has 10 heteroatoms. The van der Waals surface area contributed by atoms with Crippen LogP contribution in [0.3, 0.4) is 0 Å². The van der Waals surface area contributed by atoms with E-state index in [1.807, 2.05) is 6.07 Å². The highest BCUT2D eigenvalue weighted by molar-refractivity contribution is 7.99. The normalized spacial score (nSPS) is 16.6. The lowest BCUT2D eigenvalue weighted by Crippen LogP contribution is -2.36. The number of rotatable bonds is 7. The molecule has 0 spiro atoms. The third kappa shape index (κ3) is 6.44. The standard InChI is InChI=1S/C35H34F3N3O3S/c1-21(2)45-27-12-5-10-25(19-27)34(14-15-34)33-39-29-13-6-16-41(20-28(29)31(43)40-33)32(44)30(42)24-9-3-7-22(17-24)23-8-4-11-26(18-23)35(36,37)38/h3-5,7-12,17-19,21,30,42H,6,13-16,20H2,1-2H3,(H,39,40,43). The summed E-state index contributed by atoms with van der Waals surface area (Å²) in [6.07, 6.45) is -3.16. The maximum atomic E-state index is 13.5. The smallest absolute Gasteiger partial charge is 0.378 e. The molecule has 234 valence electrons. The van der Waals surface area contributed by atoms with Crippen LogP contribution in [-0.2, 0) is 29.4 Å². The van der Waals surface area contributed by atoms with E-state index in [2.05, 4.69) is 37.0 Å². The Morgan fingerprint density at radius 2 is 1.73 bits per heavy atom. The third-order valence-electron chi connectivity index (χ3n) is 8.52. The van der Waals surface area contributed by atoms with E-state index < -0.39 is 23.8 Å². The summed E-state index contributed by atoms with van der Waals surface area (Å²) in [5.41, 5.74) is 1.85. The molecule has 1 saturated carbocycles. The minimum atomic E-state index is -4.49. The van der Waals surface area contributed by atoms with Crippen LogP contribution in [0.2, 0.25) is 0 Å². The number of aliphatic hydroxyl groups excluding tert-OH is 1. The molecule has 6 rings (SSSR count). The van der Waals surface area contributed by atoms with Gasteiger partial charge in [-0.05, 0) is 78.3 Å². The van der Waals surface area contributed by atoms with Crippen LogP contribution in [0.5, 0.6) is 0 Å². The van der Waals surface area contributed by atoms with Gasteiger partial charge in [0.15, 0.2) is 6.10 Å². The first-order chi connectivity index (χ1) is 21.4. The second-order valence-corrected chi connectivity index (χ2v) is 13.7. The molecule has 6 nitrogen and oxygen atoms in total. The van der Waals surface area contributed by atoms with E-state index in [0.717, 1.165) is 30.5 Å². The Morgan fingerprint density at radius 1 is 1.02 bits per heavy atom. The maximum Gasteiger partial charge on any atom is 0.416 e. The molecule has 1 aliphatic carbocycles. The number of benzene rings is 3. The molecule has 1 amide bonds. The van der Waals surface area contributed by atoms with Crippen LogP contribution < -0.4 is 5.56 Å². The van der Waals surface area contributed by atoms with E-state index in [4.69, 9.17) is 4.98 Å². The summed E-state index contributed by atoms with van der Waals surface area (Å²) in [5.74, 6) is 0.0785. The molecule has 0 bridgehead atoms. The number of H-pyrrole nitrogens is 1. The Hall–Kier alpha value is -3.89. The van der Waals surface area contributed by atoms with Crippen LogP contribution in [0.25, 0.3) is 11.1 Å². The first kappa shape index (κ1) is 31.1. The van der Waals surface area contributed by atoms with Crippen molar-refractivity contribution >= 4 is 17.7 Å². The van der Waals surface area contributed by atoms with E-state index in [1.54, 1.807) is 36.0 Å². The number of carbonyl (C=O) groups is 1. The Labute approximate surface area is 263 Å². The molecule has 3 aromatic carbocycles. The van der Waals surface area contributed by atoms with Gasteiger partial charge in [0.25, 0.3) is 11.5 Å². The van der Waals surface area contributed by atoms with Gasteiger partial charge in [-0.3, -0.25) is 9.59 Å². The number of aryl methyl sites for hydroxylation is 1. The van der Waals surface area contributed by atoms with Gasteiger partial charge in [0.1, 0.15) is 5.82 Å². The second kappa shape index (κ2) is 12.1. The SMILES string of the molecule is CC(C)Sc1cccc(C2(c3nc4c(c(=O)[nH]3)CN(C(=O)C(O)c3cccc(-c5cccc(C(F)(F)F)c5)c3)CCC4)CC2)c1. The van der Waals surface area contributed by atoms with Crippen LogP contribution in [0.15, 0.2) is 82.5 Å². The number of fused-ring (bicyclic) bond motifs is 1. The number of hydrogen-bond donors (Lipinski definition) is 2. The van der Waals surface area contributed by atoms with E-state index in [9.17, 15) is 27.9 Å². The molecule has 1 aliphatic heterocycles. The van der Waals surface area contributed by atoms with Crippen molar-refractivity contribution in [2.45, 2.75) is 73.9 Å². The first-order valence-electron chi connectivity index (χ1n) is 15.1. The van der Waals surface area contributed by atoms with Gasteiger partial charge in [0, 0.05) is 16.7 Å². The molecule has 45 heavy (non-hydrogen) atoms. The highest BCUT2D eigenvalue weighted by Crippen LogP contribution is 2.52. The summed E-state index contributed by atoms with van der Waals surface area (Å²) < 4.78 is 39.8. The molecular weight excluding hydrogens is 599 g/mol. The molecule has 4 aromatic rings. The second-order valence-electron chi connectivity index (χ2n) is 12.1. The quantitative estimate of drug-likeness (QED) is 0.213. The minimum absolute atomic E-state index is 0.00860. The van der Waals surface area contributed by atoms with E-state index in [0.29, 0.717) is 52.8 Å². The summed E-state index contributed by atoms with van der Waals surface area (Å²) in [7, 11) is 0. The van der Waals surface area contributed by atoms with Gasteiger partial charge in [-0.1, -0.05) is 56.3 Å². The fraction of sp³-hybridized carbons (Fsp3) is 0.343. The molecule has 1 aromatic heterocycles. The number of carbonyl (C=O) groups excluding carboxylic acids is 1. The van der Waals surface area contributed by atoms with Crippen molar-refractivity contribution in [2.24, 2.45) is 0 Å². The van der Waals surface area contributed by atoms with Gasteiger partial charge in [0.05, 0.1) is 28.8 Å². The Kier molecular flexibility index (Phi) is 8.39. The lowest BCUT2D eigenvalue weighted by molar-refractivity contribution is -0.141. The van der Waals surface area contributed by atoms with Crippen molar-refractivity contribution in [3.05, 3.63) is 117 Å². The monoisotopic (exact) mass is 633 g/mol. The predicted molar refractivity (Wildman–Crippen MR) is 168 cm³/mol. The predicted octanol–water partition coefficient (Wildman–Crippen LogP) is 7.04. The largest absolute Gasteiger partial charge is 0.416 e. The number of halogens is 3. The number of alkyl halides is 3. The Bertz CT molecular complexity index is 1800. The molecule has 1 atom stereocenters. The van der Waals surface area contributed by atoms with Gasteiger partial charge in [0.2, 0.25) is 0 Å². The van der Waals surface area contributed by atoms with Crippen molar-refractivity contribution in [1.82, 2.24) is 14.9 Å². The van der Waals surface area contributed by atoms with Crippen molar-refractivity contribution < 1.29 is 23.1 Å². The number of hydrogen-bond acceptors (Lipinski definition) is 5. The Balaban J connectivity index is 1.23. The fourth-order valence-electron chi connectivity index (χ4n) is 6.04. The van der Waals surface area contributed by atoms with Crippen LogP contribution in [-0.4, -0.2) is 37.7 Å². The maximum absolute atomic E-state index is 13.5. The van der Waals surface area contributed by atoms with Crippen molar-refractivity contribution in [3.8, 4) is 11.1 Å². The summed E-state index contributed by atoms with van der Waals surface area (Å²) in [5, 5.41) is 11.5. The lowest BCUT2D eigenvalue weighted by atomic mass is 9.94. The van der Waals surface area contributed by atoms with Gasteiger partial charge in [-0.25, -0.2) is 4.98 Å². The van der Waals surface area contributed by atoms with E-state index >= 15 is 0 Å². The number of thioether (sulfide) groups is 1. The number of aromatic amines is 1. The zero-order valence-corrected chi connectivity index (χ0v) is 25.8. The summed E-state index contributed by atoms with van der Waals surface area (Å²) in [4.78, 5) is 37.6. The molecule has 0 saturated heterocycles. The molecule has 2 N–H and O–H groups in total. The van der Waals surface area contributed by atoms with Gasteiger partial charge >= 0.3 is 6.18 Å². The zero-order valence-electron chi connectivity index (χ0n) is 25.0. The van der Waals surface area contributed by atoms with Crippen LogP contribution >= 0.6 is 11.8 Å². The molecular formula is C35H34F3N3O3S. The minimum Gasteiger partial charge on any atom is -0.378 e. The average Bonchev–Trinajstić information content (AvgIpc) is 3.85.